The molecule has 0 spiro atoms. The fraction of sp³-hybridized carbons (Fsp3) is 0.130. The van der Waals surface area contributed by atoms with Gasteiger partial charge in [-0.3, -0.25) is 14.8 Å². The number of amides is 1. The summed E-state index contributed by atoms with van der Waals surface area (Å²) in [6.07, 6.45) is 6.84. The average molecular weight is 384 g/mol. The molecule has 4 aromatic rings. The van der Waals surface area contributed by atoms with Crippen molar-refractivity contribution in [2.24, 2.45) is 0 Å². The number of benzene rings is 1. The Kier molecular flexibility index (Phi) is 5.42. The molecule has 0 fully saturated rings. The fourth-order valence-electron chi connectivity index (χ4n) is 3.09. The van der Waals surface area contributed by atoms with E-state index in [-0.39, 0.29) is 11.6 Å². The lowest BCUT2D eigenvalue weighted by Crippen LogP contribution is -2.30. The lowest BCUT2D eigenvalue weighted by molar-refractivity contribution is 0.0719. The minimum absolute atomic E-state index is 0.198. The summed E-state index contributed by atoms with van der Waals surface area (Å²) in [5.74, 6) is 0.315. The number of hydrogen-bond acceptors (Lipinski definition) is 5. The zero-order valence-corrected chi connectivity index (χ0v) is 16.0. The summed E-state index contributed by atoms with van der Waals surface area (Å²) in [4.78, 5) is 23.3. The Bertz CT molecular complexity index is 1090. The summed E-state index contributed by atoms with van der Waals surface area (Å²) in [6.45, 7) is 2.93. The van der Waals surface area contributed by atoms with Gasteiger partial charge in [0.1, 0.15) is 0 Å². The fourth-order valence-corrected chi connectivity index (χ4v) is 3.09. The van der Waals surface area contributed by atoms with Crippen LogP contribution in [0.4, 0.5) is 0 Å². The van der Waals surface area contributed by atoms with Crippen LogP contribution in [0.25, 0.3) is 11.3 Å². The van der Waals surface area contributed by atoms with Gasteiger partial charge in [0.25, 0.3) is 5.91 Å². The van der Waals surface area contributed by atoms with Crippen molar-refractivity contribution in [3.05, 3.63) is 102 Å². The van der Waals surface area contributed by atoms with E-state index in [1.807, 2.05) is 55.5 Å². The number of pyridine rings is 2. The van der Waals surface area contributed by atoms with Gasteiger partial charge >= 0.3 is 0 Å². The molecule has 0 radical (unpaired) electrons. The van der Waals surface area contributed by atoms with Crippen LogP contribution in [0, 0.1) is 6.92 Å². The standard InChI is InChI=1S/C23H20N4O2/c1-17-6-2-3-8-20(17)16-27(15-18-7-4-10-24-13-18)23(28)21-12-22(29-26-21)19-9-5-11-25-14-19/h2-14H,15-16H2,1H3. The van der Waals surface area contributed by atoms with Crippen LogP contribution in [0.5, 0.6) is 0 Å². The van der Waals surface area contributed by atoms with E-state index in [4.69, 9.17) is 4.52 Å². The first-order chi connectivity index (χ1) is 14.2. The second-order valence-electron chi connectivity index (χ2n) is 6.77. The predicted molar refractivity (Wildman–Crippen MR) is 109 cm³/mol. The van der Waals surface area contributed by atoms with Crippen LogP contribution in [0.1, 0.15) is 27.2 Å². The molecule has 0 bridgehead atoms. The largest absolute Gasteiger partial charge is 0.355 e. The van der Waals surface area contributed by atoms with Gasteiger partial charge in [0.15, 0.2) is 11.5 Å². The third-order valence-corrected chi connectivity index (χ3v) is 4.68. The number of carbonyl (C=O) groups excluding carboxylic acids is 1. The summed E-state index contributed by atoms with van der Waals surface area (Å²) in [5.41, 5.74) is 4.21. The zero-order valence-electron chi connectivity index (χ0n) is 16.0. The average Bonchev–Trinajstić information content (AvgIpc) is 3.26. The lowest BCUT2D eigenvalue weighted by Gasteiger charge is -2.22. The summed E-state index contributed by atoms with van der Waals surface area (Å²) in [7, 11) is 0. The maximum Gasteiger partial charge on any atom is 0.276 e. The van der Waals surface area contributed by atoms with Gasteiger partial charge in [-0.15, -0.1) is 0 Å². The van der Waals surface area contributed by atoms with Crippen molar-refractivity contribution in [2.75, 3.05) is 0 Å². The topological polar surface area (TPSA) is 72.1 Å². The molecule has 0 aliphatic heterocycles. The van der Waals surface area contributed by atoms with Gasteiger partial charge in [0, 0.05) is 49.5 Å². The molecule has 29 heavy (non-hydrogen) atoms. The quantitative estimate of drug-likeness (QED) is 0.496. The maximum absolute atomic E-state index is 13.3. The molecule has 3 heterocycles. The van der Waals surface area contributed by atoms with Gasteiger partial charge < -0.3 is 9.42 Å². The second kappa shape index (κ2) is 8.48. The molecule has 0 saturated carbocycles. The Morgan fingerprint density at radius 2 is 1.76 bits per heavy atom. The Morgan fingerprint density at radius 3 is 2.48 bits per heavy atom. The molecular weight excluding hydrogens is 364 g/mol. The van der Waals surface area contributed by atoms with E-state index in [9.17, 15) is 4.79 Å². The van der Waals surface area contributed by atoms with Crippen LogP contribution >= 0.6 is 0 Å². The third-order valence-electron chi connectivity index (χ3n) is 4.68. The SMILES string of the molecule is Cc1ccccc1CN(Cc1cccnc1)C(=O)c1cc(-c2cccnc2)on1. The van der Waals surface area contributed by atoms with Crippen molar-refractivity contribution >= 4 is 5.91 Å². The first kappa shape index (κ1) is 18.6. The van der Waals surface area contributed by atoms with E-state index in [2.05, 4.69) is 15.1 Å². The predicted octanol–water partition coefficient (Wildman–Crippen LogP) is 4.28. The van der Waals surface area contributed by atoms with E-state index in [1.54, 1.807) is 35.8 Å². The van der Waals surface area contributed by atoms with Gasteiger partial charge in [0.05, 0.1) is 0 Å². The summed E-state index contributed by atoms with van der Waals surface area (Å²) >= 11 is 0. The van der Waals surface area contributed by atoms with Crippen LogP contribution in [0.3, 0.4) is 0 Å². The molecule has 6 nitrogen and oxygen atoms in total. The maximum atomic E-state index is 13.3. The minimum atomic E-state index is -0.198. The van der Waals surface area contributed by atoms with Crippen LogP contribution in [0.2, 0.25) is 0 Å². The number of hydrogen-bond donors (Lipinski definition) is 0. The van der Waals surface area contributed by atoms with Crippen molar-refractivity contribution in [2.45, 2.75) is 20.0 Å². The molecule has 1 amide bonds. The Balaban J connectivity index is 1.62. The number of carbonyl (C=O) groups is 1. The van der Waals surface area contributed by atoms with E-state index >= 15 is 0 Å². The first-order valence-electron chi connectivity index (χ1n) is 9.30. The second-order valence-corrected chi connectivity index (χ2v) is 6.77. The first-order valence-corrected chi connectivity index (χ1v) is 9.30. The van der Waals surface area contributed by atoms with E-state index < -0.39 is 0 Å². The van der Waals surface area contributed by atoms with E-state index in [1.165, 1.54) is 0 Å². The van der Waals surface area contributed by atoms with E-state index in [0.717, 1.165) is 22.3 Å². The Hall–Kier alpha value is -3.80. The summed E-state index contributed by atoms with van der Waals surface area (Å²) in [5, 5.41) is 4.01. The van der Waals surface area contributed by atoms with Gasteiger partial charge in [0.2, 0.25) is 0 Å². The summed E-state index contributed by atoms with van der Waals surface area (Å²) in [6, 6.07) is 17.2. The highest BCUT2D eigenvalue weighted by atomic mass is 16.5. The highest BCUT2D eigenvalue weighted by molar-refractivity contribution is 5.93. The van der Waals surface area contributed by atoms with Crippen molar-refractivity contribution in [3.63, 3.8) is 0 Å². The molecule has 0 aliphatic rings. The van der Waals surface area contributed by atoms with Gasteiger partial charge in [-0.25, -0.2) is 0 Å². The zero-order chi connectivity index (χ0) is 20.1. The third kappa shape index (κ3) is 4.38. The van der Waals surface area contributed by atoms with Crippen molar-refractivity contribution in [1.82, 2.24) is 20.0 Å². The van der Waals surface area contributed by atoms with Crippen molar-refractivity contribution in [3.8, 4) is 11.3 Å². The molecular formula is C23H20N4O2. The van der Waals surface area contributed by atoms with Crippen molar-refractivity contribution in [1.29, 1.82) is 0 Å². The molecule has 0 atom stereocenters. The minimum Gasteiger partial charge on any atom is -0.355 e. The van der Waals surface area contributed by atoms with Crippen LogP contribution in [-0.2, 0) is 13.1 Å². The molecule has 0 aliphatic carbocycles. The highest BCUT2D eigenvalue weighted by Crippen LogP contribution is 2.21. The number of rotatable bonds is 6. The van der Waals surface area contributed by atoms with Crippen LogP contribution in [0.15, 0.2) is 83.9 Å². The molecule has 0 unspecified atom stereocenters. The van der Waals surface area contributed by atoms with Crippen LogP contribution < -0.4 is 0 Å². The van der Waals surface area contributed by atoms with Gasteiger partial charge in [-0.05, 0) is 41.8 Å². The number of aromatic nitrogens is 3. The highest BCUT2D eigenvalue weighted by Gasteiger charge is 2.22. The molecule has 0 N–H and O–H groups in total. The summed E-state index contributed by atoms with van der Waals surface area (Å²) < 4.78 is 5.40. The molecule has 1 aromatic carbocycles. The van der Waals surface area contributed by atoms with Gasteiger partial charge in [-0.2, -0.15) is 0 Å². The Morgan fingerprint density at radius 1 is 0.966 bits per heavy atom. The molecule has 4 rings (SSSR count). The van der Waals surface area contributed by atoms with E-state index in [0.29, 0.717) is 18.8 Å². The normalized spacial score (nSPS) is 10.7. The van der Waals surface area contributed by atoms with Crippen molar-refractivity contribution < 1.29 is 9.32 Å². The number of aryl methyl sites for hydroxylation is 1. The Labute approximate surface area is 168 Å². The van der Waals surface area contributed by atoms with Crippen LogP contribution in [-0.4, -0.2) is 25.9 Å². The molecule has 3 aromatic heterocycles. The molecule has 144 valence electrons. The lowest BCUT2D eigenvalue weighted by atomic mass is 10.1. The number of nitrogens with zero attached hydrogens (tertiary/aromatic N) is 4. The molecule has 6 heteroatoms. The van der Waals surface area contributed by atoms with Gasteiger partial charge in [-0.1, -0.05) is 35.5 Å². The monoisotopic (exact) mass is 384 g/mol. The smallest absolute Gasteiger partial charge is 0.276 e. The molecule has 0 saturated heterocycles.